The zero-order valence-electron chi connectivity index (χ0n) is 14.0. The summed E-state index contributed by atoms with van der Waals surface area (Å²) < 4.78 is 5.19. The highest BCUT2D eigenvalue weighted by atomic mass is 35.5. The van der Waals surface area contributed by atoms with Gasteiger partial charge in [0.05, 0.1) is 17.7 Å². The second-order valence-electron chi connectivity index (χ2n) is 6.83. The van der Waals surface area contributed by atoms with Gasteiger partial charge in [-0.05, 0) is 38.1 Å². The molecule has 1 heterocycles. The van der Waals surface area contributed by atoms with Gasteiger partial charge in [-0.3, -0.25) is 4.79 Å². The van der Waals surface area contributed by atoms with Crippen molar-refractivity contribution in [2.45, 2.75) is 37.6 Å². The number of methoxy groups -OCH3 is 1. The molecule has 0 aromatic heterocycles. The molecule has 5 heteroatoms. The van der Waals surface area contributed by atoms with Crippen LogP contribution in [0.4, 0.5) is 0 Å². The Labute approximate surface area is 143 Å². The van der Waals surface area contributed by atoms with Crippen LogP contribution in [0, 0.1) is 0 Å². The number of hydrogen-bond acceptors (Lipinski definition) is 3. The number of hydrogen-bond donors (Lipinski definition) is 0. The lowest BCUT2D eigenvalue weighted by atomic mass is 9.78. The summed E-state index contributed by atoms with van der Waals surface area (Å²) in [6.45, 7) is 2.69. The summed E-state index contributed by atoms with van der Waals surface area (Å²) in [6, 6.07) is 5.33. The van der Waals surface area contributed by atoms with E-state index in [1.807, 2.05) is 6.07 Å². The molecule has 3 rings (SSSR count). The lowest BCUT2D eigenvalue weighted by Gasteiger charge is -2.52. The maximum atomic E-state index is 13.1. The van der Waals surface area contributed by atoms with Gasteiger partial charge in [-0.15, -0.1) is 0 Å². The van der Waals surface area contributed by atoms with Crippen LogP contribution in [0.3, 0.4) is 0 Å². The molecule has 1 aromatic rings. The Morgan fingerprint density at radius 2 is 1.96 bits per heavy atom. The summed E-state index contributed by atoms with van der Waals surface area (Å²) in [7, 11) is 3.74. The third-order valence-electron chi connectivity index (χ3n) is 5.27. The Kier molecular flexibility index (Phi) is 4.83. The zero-order chi connectivity index (χ0) is 16.4. The van der Waals surface area contributed by atoms with Crippen molar-refractivity contribution in [3.63, 3.8) is 0 Å². The second-order valence-corrected chi connectivity index (χ2v) is 7.24. The molecule has 0 bridgehead atoms. The van der Waals surface area contributed by atoms with E-state index < -0.39 is 0 Å². The molecule has 2 fully saturated rings. The maximum absolute atomic E-state index is 13.1. The quantitative estimate of drug-likeness (QED) is 0.829. The van der Waals surface area contributed by atoms with E-state index in [4.69, 9.17) is 16.3 Å². The minimum absolute atomic E-state index is 0.00522. The average molecular weight is 337 g/mol. The number of carbonyl (C=O) groups excluding carboxylic acids is 1. The first-order chi connectivity index (χ1) is 11.1. The zero-order valence-corrected chi connectivity index (χ0v) is 14.7. The van der Waals surface area contributed by atoms with Gasteiger partial charge in [-0.1, -0.05) is 30.9 Å². The minimum atomic E-state index is -0.00522. The molecule has 1 aliphatic heterocycles. The molecule has 1 aliphatic carbocycles. The SMILES string of the molecule is COc1ccc(C(=O)N2CCN(C)CC23CCCCC3)cc1Cl. The van der Waals surface area contributed by atoms with Gasteiger partial charge >= 0.3 is 0 Å². The molecule has 1 aromatic carbocycles. The van der Waals surface area contributed by atoms with Crippen molar-refractivity contribution in [3.8, 4) is 5.75 Å². The first-order valence-corrected chi connectivity index (χ1v) is 8.78. The fourth-order valence-corrected chi connectivity index (χ4v) is 4.34. The van der Waals surface area contributed by atoms with Gasteiger partial charge in [0.1, 0.15) is 5.75 Å². The summed E-state index contributed by atoms with van der Waals surface area (Å²) in [5, 5.41) is 0.491. The van der Waals surface area contributed by atoms with Gasteiger partial charge in [-0.25, -0.2) is 0 Å². The third kappa shape index (κ3) is 3.20. The molecule has 0 unspecified atom stereocenters. The smallest absolute Gasteiger partial charge is 0.254 e. The van der Waals surface area contributed by atoms with Crippen molar-refractivity contribution < 1.29 is 9.53 Å². The van der Waals surface area contributed by atoms with Crippen LogP contribution >= 0.6 is 11.6 Å². The van der Waals surface area contributed by atoms with Crippen LogP contribution in [0.15, 0.2) is 18.2 Å². The van der Waals surface area contributed by atoms with E-state index in [2.05, 4.69) is 16.8 Å². The number of benzene rings is 1. The van der Waals surface area contributed by atoms with Crippen LogP contribution in [0.2, 0.25) is 5.02 Å². The number of amides is 1. The maximum Gasteiger partial charge on any atom is 0.254 e. The van der Waals surface area contributed by atoms with Crippen molar-refractivity contribution in [1.29, 1.82) is 0 Å². The Morgan fingerprint density at radius 3 is 2.61 bits per heavy atom. The van der Waals surface area contributed by atoms with Gasteiger partial charge in [0.15, 0.2) is 0 Å². The lowest BCUT2D eigenvalue weighted by Crippen LogP contribution is -2.63. The molecule has 126 valence electrons. The monoisotopic (exact) mass is 336 g/mol. The summed E-state index contributed by atoms with van der Waals surface area (Å²) >= 11 is 6.21. The molecular formula is C18H25ClN2O2. The molecule has 0 atom stereocenters. The Bertz CT molecular complexity index is 584. The van der Waals surface area contributed by atoms with E-state index in [1.165, 1.54) is 19.3 Å². The fourth-order valence-electron chi connectivity index (χ4n) is 4.08. The van der Waals surface area contributed by atoms with E-state index >= 15 is 0 Å². The van der Waals surface area contributed by atoms with E-state index in [1.54, 1.807) is 19.2 Å². The summed E-state index contributed by atoms with van der Waals surface area (Å²) in [5.74, 6) is 0.707. The van der Waals surface area contributed by atoms with Crippen LogP contribution in [0.5, 0.6) is 5.75 Å². The number of ether oxygens (including phenoxy) is 1. The summed E-state index contributed by atoms with van der Waals surface area (Å²) in [6.07, 6.45) is 5.91. The Morgan fingerprint density at radius 1 is 1.22 bits per heavy atom. The number of nitrogens with zero attached hydrogens (tertiary/aromatic N) is 2. The molecule has 1 saturated heterocycles. The van der Waals surface area contributed by atoms with Crippen LogP contribution in [-0.2, 0) is 0 Å². The first kappa shape index (κ1) is 16.6. The van der Waals surface area contributed by atoms with Crippen molar-refractivity contribution >= 4 is 17.5 Å². The first-order valence-electron chi connectivity index (χ1n) is 8.40. The molecule has 1 spiro atoms. The van der Waals surface area contributed by atoms with Crippen LogP contribution in [0.1, 0.15) is 42.5 Å². The van der Waals surface area contributed by atoms with Crippen molar-refractivity contribution in [1.82, 2.24) is 9.80 Å². The molecule has 2 aliphatic rings. The second kappa shape index (κ2) is 6.70. The van der Waals surface area contributed by atoms with Crippen LogP contribution < -0.4 is 4.74 Å². The topological polar surface area (TPSA) is 32.8 Å². The van der Waals surface area contributed by atoms with Crippen molar-refractivity contribution in [2.24, 2.45) is 0 Å². The molecular weight excluding hydrogens is 312 g/mol. The molecule has 1 saturated carbocycles. The third-order valence-corrected chi connectivity index (χ3v) is 5.57. The predicted molar refractivity (Wildman–Crippen MR) is 92.4 cm³/mol. The van der Waals surface area contributed by atoms with E-state index in [0.29, 0.717) is 16.3 Å². The number of piperazine rings is 1. The number of rotatable bonds is 2. The Balaban J connectivity index is 1.88. The van der Waals surface area contributed by atoms with Crippen LogP contribution in [-0.4, -0.2) is 55.0 Å². The van der Waals surface area contributed by atoms with E-state index in [-0.39, 0.29) is 11.4 Å². The van der Waals surface area contributed by atoms with Gasteiger partial charge in [0.2, 0.25) is 0 Å². The van der Waals surface area contributed by atoms with E-state index in [9.17, 15) is 4.79 Å². The molecule has 0 N–H and O–H groups in total. The highest BCUT2D eigenvalue weighted by Crippen LogP contribution is 2.37. The van der Waals surface area contributed by atoms with Crippen molar-refractivity contribution in [2.75, 3.05) is 33.8 Å². The fraction of sp³-hybridized carbons (Fsp3) is 0.611. The van der Waals surface area contributed by atoms with Crippen molar-refractivity contribution in [3.05, 3.63) is 28.8 Å². The Hall–Kier alpha value is -1.26. The number of halogens is 1. The lowest BCUT2D eigenvalue weighted by molar-refractivity contribution is -0.00778. The standard InChI is InChI=1S/C18H25ClN2O2/c1-20-10-11-21(18(13-20)8-4-3-5-9-18)17(22)14-6-7-16(23-2)15(19)12-14/h6-7,12H,3-5,8-11,13H2,1-2H3. The highest BCUT2D eigenvalue weighted by molar-refractivity contribution is 6.32. The number of carbonyl (C=O) groups is 1. The molecule has 0 radical (unpaired) electrons. The number of likely N-dealkylation sites (N-methyl/N-ethyl adjacent to an activating group) is 1. The van der Waals surface area contributed by atoms with Gasteiger partial charge < -0.3 is 14.5 Å². The van der Waals surface area contributed by atoms with Crippen LogP contribution in [0.25, 0.3) is 0 Å². The molecule has 23 heavy (non-hydrogen) atoms. The van der Waals surface area contributed by atoms with Gasteiger partial charge in [0, 0.05) is 25.2 Å². The summed E-state index contributed by atoms with van der Waals surface area (Å²) in [5.41, 5.74) is 0.652. The molecule has 1 amide bonds. The van der Waals surface area contributed by atoms with Gasteiger partial charge in [0.25, 0.3) is 5.91 Å². The molecule has 4 nitrogen and oxygen atoms in total. The minimum Gasteiger partial charge on any atom is -0.495 e. The average Bonchev–Trinajstić information content (AvgIpc) is 2.55. The normalized spacial score (nSPS) is 21.4. The van der Waals surface area contributed by atoms with E-state index in [0.717, 1.165) is 32.5 Å². The predicted octanol–water partition coefficient (Wildman–Crippen LogP) is 3.44. The highest BCUT2D eigenvalue weighted by Gasteiger charge is 2.44. The largest absolute Gasteiger partial charge is 0.495 e. The van der Waals surface area contributed by atoms with Gasteiger partial charge in [-0.2, -0.15) is 0 Å². The summed E-state index contributed by atoms with van der Waals surface area (Å²) in [4.78, 5) is 17.6.